The molecule has 1 N–H and O–H groups in total. The number of halogens is 1. The summed E-state index contributed by atoms with van der Waals surface area (Å²) in [7, 11) is 0. The molecule has 0 radical (unpaired) electrons. The summed E-state index contributed by atoms with van der Waals surface area (Å²) in [5.74, 6) is 1.23. The molecule has 0 aliphatic heterocycles. The lowest BCUT2D eigenvalue weighted by atomic mass is 10.0. The molecule has 0 amide bonds. The van der Waals surface area contributed by atoms with Crippen molar-refractivity contribution < 1.29 is 9.13 Å². The molecule has 3 nitrogen and oxygen atoms in total. The summed E-state index contributed by atoms with van der Waals surface area (Å²) in [5.41, 5.74) is 1.91. The largest absolute Gasteiger partial charge is 0.439 e. The Kier molecular flexibility index (Phi) is 5.28. The minimum Gasteiger partial charge on any atom is -0.439 e. The number of hydrogen-bond donors (Lipinski definition) is 1. The van der Waals surface area contributed by atoms with E-state index in [0.717, 1.165) is 12.3 Å². The Bertz CT molecular complexity index is 599. The molecule has 0 fully saturated rings. The smallest absolute Gasteiger partial charge is 0.223 e. The molecule has 1 heterocycles. The van der Waals surface area contributed by atoms with Gasteiger partial charge < -0.3 is 10.1 Å². The van der Waals surface area contributed by atoms with Crippen molar-refractivity contribution in [3.05, 3.63) is 53.5 Å². The summed E-state index contributed by atoms with van der Waals surface area (Å²) in [6.45, 7) is 7.59. The highest BCUT2D eigenvalue weighted by molar-refractivity contribution is 5.35. The molecule has 112 valence electrons. The van der Waals surface area contributed by atoms with E-state index in [1.54, 1.807) is 0 Å². The molecule has 0 bridgehead atoms. The zero-order valence-corrected chi connectivity index (χ0v) is 12.7. The van der Waals surface area contributed by atoms with Gasteiger partial charge in [-0.05, 0) is 36.2 Å². The molecule has 2 aromatic rings. The highest BCUT2D eigenvalue weighted by Gasteiger charge is 2.09. The molecular weight excluding hydrogens is 267 g/mol. The number of rotatable bonds is 6. The van der Waals surface area contributed by atoms with Gasteiger partial charge >= 0.3 is 0 Å². The molecule has 0 saturated carbocycles. The van der Waals surface area contributed by atoms with Crippen LogP contribution in [0, 0.1) is 5.82 Å². The van der Waals surface area contributed by atoms with E-state index in [1.165, 1.54) is 17.8 Å². The monoisotopic (exact) mass is 288 g/mol. The van der Waals surface area contributed by atoms with Crippen molar-refractivity contribution in [2.24, 2.45) is 0 Å². The van der Waals surface area contributed by atoms with Crippen LogP contribution >= 0.6 is 0 Å². The molecule has 0 unspecified atom stereocenters. The number of ether oxygens (including phenoxy) is 1. The third-order valence-corrected chi connectivity index (χ3v) is 3.20. The van der Waals surface area contributed by atoms with Gasteiger partial charge in [0.2, 0.25) is 5.88 Å². The summed E-state index contributed by atoms with van der Waals surface area (Å²) < 4.78 is 19.2. The standard InChI is InChI=1S/C17H21FN2O/c1-4-19-10-14-8-15(18)11-20-17(14)21-16-7-5-6-13(9-16)12(2)3/h5-9,11-12,19H,4,10H2,1-3H3. The lowest BCUT2D eigenvalue weighted by molar-refractivity contribution is 0.448. The van der Waals surface area contributed by atoms with Gasteiger partial charge in [0, 0.05) is 12.1 Å². The summed E-state index contributed by atoms with van der Waals surface area (Å²) in [4.78, 5) is 4.06. The van der Waals surface area contributed by atoms with Crippen molar-refractivity contribution >= 4 is 0 Å². The summed E-state index contributed by atoms with van der Waals surface area (Å²) in [5, 5.41) is 3.16. The fourth-order valence-electron chi connectivity index (χ4n) is 2.00. The maximum atomic E-state index is 13.3. The maximum Gasteiger partial charge on any atom is 0.223 e. The molecule has 0 spiro atoms. The fourth-order valence-corrected chi connectivity index (χ4v) is 2.00. The highest BCUT2D eigenvalue weighted by Crippen LogP contribution is 2.26. The molecule has 0 aliphatic carbocycles. The number of pyridine rings is 1. The van der Waals surface area contributed by atoms with E-state index >= 15 is 0 Å². The molecule has 1 aromatic carbocycles. The van der Waals surface area contributed by atoms with Gasteiger partial charge in [-0.3, -0.25) is 0 Å². The van der Waals surface area contributed by atoms with Gasteiger partial charge in [-0.15, -0.1) is 0 Å². The van der Waals surface area contributed by atoms with Gasteiger partial charge in [0.05, 0.1) is 6.20 Å². The molecule has 2 rings (SSSR count). The average molecular weight is 288 g/mol. The number of aromatic nitrogens is 1. The van der Waals surface area contributed by atoms with Crippen LogP contribution in [0.3, 0.4) is 0 Å². The van der Waals surface area contributed by atoms with Crippen LogP contribution in [-0.2, 0) is 6.54 Å². The Morgan fingerprint density at radius 1 is 1.29 bits per heavy atom. The molecule has 1 aromatic heterocycles. The number of nitrogens with zero attached hydrogens (tertiary/aromatic N) is 1. The molecule has 0 atom stereocenters. The van der Waals surface area contributed by atoms with Crippen molar-refractivity contribution in [2.75, 3.05) is 6.54 Å². The highest BCUT2D eigenvalue weighted by atomic mass is 19.1. The predicted molar refractivity (Wildman–Crippen MR) is 82.2 cm³/mol. The van der Waals surface area contributed by atoms with E-state index < -0.39 is 0 Å². The van der Waals surface area contributed by atoms with Crippen LogP contribution in [0.2, 0.25) is 0 Å². The Balaban J connectivity index is 2.24. The number of hydrogen-bond acceptors (Lipinski definition) is 3. The first-order valence-corrected chi connectivity index (χ1v) is 7.23. The zero-order chi connectivity index (χ0) is 15.2. The molecule has 0 aliphatic rings. The third-order valence-electron chi connectivity index (χ3n) is 3.20. The van der Waals surface area contributed by atoms with Crippen LogP contribution in [0.25, 0.3) is 0 Å². The lowest BCUT2D eigenvalue weighted by Gasteiger charge is -2.12. The normalized spacial score (nSPS) is 10.9. The molecule has 4 heteroatoms. The van der Waals surface area contributed by atoms with Crippen molar-refractivity contribution in [1.29, 1.82) is 0 Å². The quantitative estimate of drug-likeness (QED) is 0.863. The van der Waals surface area contributed by atoms with E-state index in [9.17, 15) is 4.39 Å². The van der Waals surface area contributed by atoms with Crippen LogP contribution in [0.1, 0.15) is 37.8 Å². The zero-order valence-electron chi connectivity index (χ0n) is 12.7. The minimum absolute atomic E-state index is 0.355. The van der Waals surface area contributed by atoms with Crippen molar-refractivity contribution in [3.8, 4) is 11.6 Å². The second-order valence-electron chi connectivity index (χ2n) is 5.23. The molecular formula is C17H21FN2O. The lowest BCUT2D eigenvalue weighted by Crippen LogP contribution is -2.13. The minimum atomic E-state index is -0.355. The topological polar surface area (TPSA) is 34.2 Å². The van der Waals surface area contributed by atoms with Crippen molar-refractivity contribution in [1.82, 2.24) is 10.3 Å². The second kappa shape index (κ2) is 7.18. The van der Waals surface area contributed by atoms with Gasteiger partial charge in [-0.1, -0.05) is 32.9 Å². The molecule has 0 saturated heterocycles. The van der Waals surface area contributed by atoms with Crippen LogP contribution in [0.4, 0.5) is 4.39 Å². The van der Waals surface area contributed by atoms with Gasteiger partial charge in [0.25, 0.3) is 0 Å². The Morgan fingerprint density at radius 3 is 2.81 bits per heavy atom. The average Bonchev–Trinajstić information content (AvgIpc) is 2.47. The second-order valence-corrected chi connectivity index (χ2v) is 5.23. The van der Waals surface area contributed by atoms with Crippen LogP contribution in [0.15, 0.2) is 36.5 Å². The summed E-state index contributed by atoms with van der Waals surface area (Å²) >= 11 is 0. The van der Waals surface area contributed by atoms with Crippen LogP contribution < -0.4 is 10.1 Å². The van der Waals surface area contributed by atoms with Crippen LogP contribution in [-0.4, -0.2) is 11.5 Å². The van der Waals surface area contributed by atoms with Crippen molar-refractivity contribution in [3.63, 3.8) is 0 Å². The van der Waals surface area contributed by atoms with E-state index in [2.05, 4.69) is 30.2 Å². The van der Waals surface area contributed by atoms with E-state index in [0.29, 0.717) is 23.9 Å². The molecule has 21 heavy (non-hydrogen) atoms. The van der Waals surface area contributed by atoms with Gasteiger partial charge in [-0.25, -0.2) is 9.37 Å². The van der Waals surface area contributed by atoms with Gasteiger partial charge in [0.1, 0.15) is 11.6 Å². The first-order valence-electron chi connectivity index (χ1n) is 7.23. The predicted octanol–water partition coefficient (Wildman–Crippen LogP) is 4.25. The summed E-state index contributed by atoms with van der Waals surface area (Å²) in [6, 6.07) is 9.35. The SMILES string of the molecule is CCNCc1cc(F)cnc1Oc1cccc(C(C)C)c1. The van der Waals surface area contributed by atoms with Gasteiger partial charge in [-0.2, -0.15) is 0 Å². The van der Waals surface area contributed by atoms with Crippen molar-refractivity contribution in [2.45, 2.75) is 33.2 Å². The first kappa shape index (κ1) is 15.4. The number of benzene rings is 1. The van der Waals surface area contributed by atoms with E-state index in [-0.39, 0.29) is 5.82 Å². The van der Waals surface area contributed by atoms with Gasteiger partial charge in [0.15, 0.2) is 0 Å². The Morgan fingerprint density at radius 2 is 2.10 bits per heavy atom. The van der Waals surface area contributed by atoms with E-state index in [1.807, 2.05) is 25.1 Å². The maximum absolute atomic E-state index is 13.3. The summed E-state index contributed by atoms with van der Waals surface area (Å²) in [6.07, 6.45) is 1.18. The third kappa shape index (κ3) is 4.26. The Labute approximate surface area is 125 Å². The first-order chi connectivity index (χ1) is 10.1. The van der Waals surface area contributed by atoms with Crippen LogP contribution in [0.5, 0.6) is 11.6 Å². The fraction of sp³-hybridized carbons (Fsp3) is 0.353. The number of nitrogens with one attached hydrogen (secondary N) is 1. The van der Waals surface area contributed by atoms with E-state index in [4.69, 9.17) is 4.74 Å². The Hall–Kier alpha value is -1.94.